The zero-order chi connectivity index (χ0) is 16.8. The van der Waals surface area contributed by atoms with Crippen molar-refractivity contribution in [1.29, 1.82) is 0 Å². The van der Waals surface area contributed by atoms with Gasteiger partial charge in [0, 0.05) is 18.2 Å². The highest BCUT2D eigenvalue weighted by Gasteiger charge is 2.13. The van der Waals surface area contributed by atoms with Crippen molar-refractivity contribution in [2.24, 2.45) is 0 Å². The summed E-state index contributed by atoms with van der Waals surface area (Å²) in [6, 6.07) is 6.40. The Bertz CT molecular complexity index is 653. The third kappa shape index (κ3) is 4.48. The Kier molecular flexibility index (Phi) is 6.04. The maximum atomic E-state index is 10.8. The summed E-state index contributed by atoms with van der Waals surface area (Å²) in [5.41, 5.74) is 0.254. The molecule has 7 heteroatoms. The normalized spacial score (nSPS) is 11.0. The molecule has 0 amide bonds. The van der Waals surface area contributed by atoms with Crippen molar-refractivity contribution in [2.75, 3.05) is 12.4 Å². The van der Waals surface area contributed by atoms with E-state index in [1.807, 2.05) is 0 Å². The van der Waals surface area contributed by atoms with E-state index in [2.05, 4.69) is 35.5 Å². The molecule has 23 heavy (non-hydrogen) atoms. The lowest BCUT2D eigenvalue weighted by Crippen LogP contribution is -2.06. The lowest BCUT2D eigenvalue weighted by molar-refractivity contribution is 0.0697. The third-order valence-corrected chi connectivity index (χ3v) is 4.19. The number of hydrogen-bond donors (Lipinski definition) is 1. The molecule has 6 nitrogen and oxygen atoms in total. The first-order chi connectivity index (χ1) is 11.0. The van der Waals surface area contributed by atoms with Gasteiger partial charge in [0.25, 0.3) is 0 Å². The monoisotopic (exact) mass is 335 g/mol. The van der Waals surface area contributed by atoms with Gasteiger partial charge < -0.3 is 14.4 Å². The molecule has 0 saturated heterocycles. The molecule has 0 aliphatic rings. The van der Waals surface area contributed by atoms with Crippen molar-refractivity contribution < 1.29 is 14.6 Å². The number of carboxylic acid groups (broad SMARTS) is 1. The fourth-order valence-corrected chi connectivity index (χ4v) is 2.94. The molecule has 0 atom stereocenters. The van der Waals surface area contributed by atoms with E-state index in [1.165, 1.54) is 12.1 Å². The summed E-state index contributed by atoms with van der Waals surface area (Å²) in [7, 11) is 0. The van der Waals surface area contributed by atoms with Gasteiger partial charge in [-0.15, -0.1) is 10.2 Å². The number of aromatic nitrogens is 3. The van der Waals surface area contributed by atoms with Crippen molar-refractivity contribution in [3.8, 4) is 5.75 Å². The van der Waals surface area contributed by atoms with Gasteiger partial charge in [-0.05, 0) is 31.2 Å². The fraction of sp³-hybridized carbons (Fsp3) is 0.438. The van der Waals surface area contributed by atoms with Crippen LogP contribution in [-0.2, 0) is 6.54 Å². The molecular weight excluding hydrogens is 314 g/mol. The summed E-state index contributed by atoms with van der Waals surface area (Å²) < 4.78 is 7.74. The number of carbonyl (C=O) groups is 1. The second-order valence-corrected chi connectivity index (χ2v) is 6.33. The van der Waals surface area contributed by atoms with Crippen LogP contribution in [0.5, 0.6) is 5.75 Å². The van der Waals surface area contributed by atoms with Crippen LogP contribution in [0, 0.1) is 0 Å². The Hall–Kier alpha value is -2.02. The van der Waals surface area contributed by atoms with Crippen LogP contribution in [0.1, 0.15) is 42.9 Å². The predicted molar refractivity (Wildman–Crippen MR) is 89.4 cm³/mol. The molecule has 0 aliphatic heterocycles. The molecule has 0 unspecified atom stereocenters. The van der Waals surface area contributed by atoms with Gasteiger partial charge in [-0.25, -0.2) is 4.79 Å². The minimum Gasteiger partial charge on any atom is -0.493 e. The lowest BCUT2D eigenvalue weighted by Gasteiger charge is -2.09. The summed E-state index contributed by atoms with van der Waals surface area (Å²) in [4.78, 5) is 10.8. The molecular formula is C16H21N3O3S. The Balaban J connectivity index is 1.84. The first-order valence-electron chi connectivity index (χ1n) is 7.55. The van der Waals surface area contributed by atoms with Gasteiger partial charge in [0.15, 0.2) is 5.16 Å². The van der Waals surface area contributed by atoms with E-state index in [9.17, 15) is 4.79 Å². The topological polar surface area (TPSA) is 77.2 Å². The number of ether oxygens (including phenoxy) is 1. The van der Waals surface area contributed by atoms with Crippen LogP contribution < -0.4 is 4.74 Å². The first-order valence-corrected chi connectivity index (χ1v) is 8.53. The van der Waals surface area contributed by atoms with E-state index in [4.69, 9.17) is 9.84 Å². The zero-order valence-electron chi connectivity index (χ0n) is 13.5. The maximum absolute atomic E-state index is 10.8. The molecule has 0 spiro atoms. The SMILES string of the molecule is CCn1c(SCCOc2ccc(C(=O)O)cc2)nnc1C(C)C. The van der Waals surface area contributed by atoms with Gasteiger partial charge >= 0.3 is 5.97 Å². The number of carboxylic acids is 1. The standard InChI is InChI=1S/C16H21N3O3S/c1-4-19-14(11(2)3)17-18-16(19)23-10-9-22-13-7-5-12(6-8-13)15(20)21/h5-8,11H,4,9-10H2,1-3H3,(H,20,21). The molecule has 0 radical (unpaired) electrons. The van der Waals surface area contributed by atoms with Crippen LogP contribution in [0.2, 0.25) is 0 Å². The molecule has 1 N–H and O–H groups in total. The predicted octanol–water partition coefficient (Wildman–Crippen LogP) is 3.29. The maximum Gasteiger partial charge on any atom is 0.335 e. The molecule has 124 valence electrons. The van der Waals surface area contributed by atoms with E-state index in [0.29, 0.717) is 18.3 Å². The van der Waals surface area contributed by atoms with Crippen LogP contribution in [0.3, 0.4) is 0 Å². The summed E-state index contributed by atoms with van der Waals surface area (Å²) >= 11 is 1.61. The molecule has 1 aromatic heterocycles. The van der Waals surface area contributed by atoms with Gasteiger partial charge in [0.2, 0.25) is 0 Å². The van der Waals surface area contributed by atoms with Crippen molar-refractivity contribution in [1.82, 2.24) is 14.8 Å². The van der Waals surface area contributed by atoms with Crippen molar-refractivity contribution >= 4 is 17.7 Å². The van der Waals surface area contributed by atoms with Crippen LogP contribution in [-0.4, -0.2) is 38.2 Å². The zero-order valence-corrected chi connectivity index (χ0v) is 14.3. The Morgan fingerprint density at radius 3 is 2.57 bits per heavy atom. The smallest absolute Gasteiger partial charge is 0.335 e. The number of hydrogen-bond acceptors (Lipinski definition) is 5. The van der Waals surface area contributed by atoms with Gasteiger partial charge in [0.1, 0.15) is 11.6 Å². The summed E-state index contributed by atoms with van der Waals surface area (Å²) in [6.45, 7) is 7.66. The molecule has 2 aromatic rings. The van der Waals surface area contributed by atoms with Gasteiger partial charge in [-0.3, -0.25) is 0 Å². The Morgan fingerprint density at radius 1 is 1.30 bits per heavy atom. The molecule has 1 heterocycles. The number of thioether (sulfide) groups is 1. The first kappa shape index (κ1) is 17.3. The van der Waals surface area contributed by atoms with E-state index in [0.717, 1.165) is 23.3 Å². The molecule has 1 aromatic carbocycles. The average molecular weight is 335 g/mol. The Morgan fingerprint density at radius 2 is 2.00 bits per heavy atom. The highest BCUT2D eigenvalue weighted by molar-refractivity contribution is 7.99. The second kappa shape index (κ2) is 8.01. The average Bonchev–Trinajstić information content (AvgIpc) is 2.95. The number of aromatic carboxylic acids is 1. The van der Waals surface area contributed by atoms with Crippen LogP contribution >= 0.6 is 11.8 Å². The molecule has 0 fully saturated rings. The number of benzene rings is 1. The highest BCUT2D eigenvalue weighted by Crippen LogP contribution is 2.21. The van der Waals surface area contributed by atoms with E-state index in [1.54, 1.807) is 23.9 Å². The number of nitrogens with zero attached hydrogens (tertiary/aromatic N) is 3. The van der Waals surface area contributed by atoms with Gasteiger partial charge in [-0.1, -0.05) is 25.6 Å². The fourth-order valence-electron chi connectivity index (χ4n) is 2.12. The quantitative estimate of drug-likeness (QED) is 0.589. The van der Waals surface area contributed by atoms with Crippen LogP contribution in [0.25, 0.3) is 0 Å². The molecule has 0 bridgehead atoms. The van der Waals surface area contributed by atoms with E-state index >= 15 is 0 Å². The lowest BCUT2D eigenvalue weighted by atomic mass is 10.2. The largest absolute Gasteiger partial charge is 0.493 e. The van der Waals surface area contributed by atoms with Crippen LogP contribution in [0.15, 0.2) is 29.4 Å². The highest BCUT2D eigenvalue weighted by atomic mass is 32.2. The van der Waals surface area contributed by atoms with Gasteiger partial charge in [0.05, 0.1) is 12.2 Å². The van der Waals surface area contributed by atoms with Crippen molar-refractivity contribution in [3.63, 3.8) is 0 Å². The van der Waals surface area contributed by atoms with Crippen molar-refractivity contribution in [2.45, 2.75) is 38.4 Å². The molecule has 2 rings (SSSR count). The summed E-state index contributed by atoms with van der Waals surface area (Å²) in [5, 5.41) is 18.2. The molecule has 0 aliphatic carbocycles. The van der Waals surface area contributed by atoms with Gasteiger partial charge in [-0.2, -0.15) is 0 Å². The second-order valence-electron chi connectivity index (χ2n) is 5.27. The Labute approximate surface area is 139 Å². The summed E-state index contributed by atoms with van der Waals surface area (Å²) in [5.74, 6) is 1.82. The number of rotatable bonds is 8. The van der Waals surface area contributed by atoms with E-state index in [-0.39, 0.29) is 5.56 Å². The molecule has 0 saturated carbocycles. The van der Waals surface area contributed by atoms with Crippen LogP contribution in [0.4, 0.5) is 0 Å². The van der Waals surface area contributed by atoms with E-state index < -0.39 is 5.97 Å². The van der Waals surface area contributed by atoms with Crippen molar-refractivity contribution in [3.05, 3.63) is 35.7 Å². The summed E-state index contributed by atoms with van der Waals surface area (Å²) in [6.07, 6.45) is 0. The minimum atomic E-state index is -0.938. The minimum absolute atomic E-state index is 0.254. The third-order valence-electron chi connectivity index (χ3n) is 3.26.